The minimum atomic E-state index is -0.357. The molecule has 11 heterocycles. The molecule has 0 aromatic rings. The number of carbonyl (C=O) groups is 7. The Hall–Kier alpha value is -3.95. The van der Waals surface area contributed by atoms with Crippen molar-refractivity contribution < 1.29 is 57.2 Å². The fourth-order valence-electron chi connectivity index (χ4n) is 14.1. The van der Waals surface area contributed by atoms with E-state index < -0.39 is 0 Å². The van der Waals surface area contributed by atoms with Crippen molar-refractivity contribution in [1.29, 1.82) is 0 Å². The number of hydrogen-bond donors (Lipinski definition) is 8. The van der Waals surface area contributed by atoms with Gasteiger partial charge in [-0.05, 0) is 199 Å². The van der Waals surface area contributed by atoms with Crippen LogP contribution >= 0.6 is 0 Å². The average Bonchev–Trinajstić information content (AvgIpc) is 1.02. The predicted molar refractivity (Wildman–Crippen MR) is 442 cm³/mol. The first kappa shape index (κ1) is 104. The zero-order valence-corrected chi connectivity index (χ0v) is 72.5. The molecule has 0 spiro atoms. The van der Waals surface area contributed by atoms with E-state index in [4.69, 9.17) is 29.4 Å². The van der Waals surface area contributed by atoms with Gasteiger partial charge in [-0.15, -0.1) is 0 Å². The molecule has 24 nitrogen and oxygen atoms in total. The average molecular weight is 1540 g/mol. The number of rotatable bonds is 25. The molecule has 4 bridgehead atoms. The molecular formula is C84H168N12O12. The highest BCUT2D eigenvalue weighted by Crippen LogP contribution is 2.43. The van der Waals surface area contributed by atoms with E-state index in [0.29, 0.717) is 75.1 Å². The molecule has 2 aliphatic carbocycles. The molecule has 0 radical (unpaired) electrons. The van der Waals surface area contributed by atoms with Crippen molar-refractivity contribution in [3.8, 4) is 0 Å². The number of nitrogens with one attached hydrogen (secondary N) is 7. The molecule has 0 aromatic carbocycles. The smallest absolute Gasteiger partial charge is 0.223 e. The summed E-state index contributed by atoms with van der Waals surface area (Å²) >= 11 is 0. The van der Waals surface area contributed by atoms with E-state index in [1.54, 1.807) is 49.7 Å². The first-order valence-corrected chi connectivity index (χ1v) is 43.1. The second kappa shape index (κ2) is 66.5. The molecule has 108 heavy (non-hydrogen) atoms. The van der Waals surface area contributed by atoms with Crippen molar-refractivity contribution in [1.82, 2.24) is 56.8 Å². The first-order valence-electron chi connectivity index (χ1n) is 43.1. The van der Waals surface area contributed by atoms with Gasteiger partial charge in [0.05, 0.1) is 44.2 Å². The minimum absolute atomic E-state index is 0.0111. The lowest BCUT2D eigenvalue weighted by Gasteiger charge is -2.46. The van der Waals surface area contributed by atoms with E-state index in [2.05, 4.69) is 118 Å². The van der Waals surface area contributed by atoms with Gasteiger partial charge in [0.15, 0.2) is 5.78 Å². The number of likely N-dealkylation sites (N-methyl/N-ethyl adjacent to an activating group) is 2. The van der Waals surface area contributed by atoms with Crippen LogP contribution in [0.4, 0.5) is 0 Å². The van der Waals surface area contributed by atoms with Crippen LogP contribution < -0.4 is 43.0 Å². The van der Waals surface area contributed by atoms with Crippen LogP contribution in [0.2, 0.25) is 0 Å². The Morgan fingerprint density at radius 3 is 1.64 bits per heavy atom. The number of amides is 6. The number of carbonyl (C=O) groups excluding carboxylic acids is 7. The number of Topliss-reactive ketones (excluding diaryl/α,β-unsaturated/α-hetero) is 1. The maximum Gasteiger partial charge on any atom is 0.223 e. The van der Waals surface area contributed by atoms with E-state index in [1.807, 2.05) is 21.0 Å². The second-order valence-corrected chi connectivity index (χ2v) is 31.1. The number of piperidine rings is 1. The Kier molecular flexibility index (Phi) is 64.1. The Bertz CT molecular complexity index is 2190. The molecule has 13 aliphatic rings. The Morgan fingerprint density at radius 1 is 0.657 bits per heavy atom. The molecule has 0 aromatic heterocycles. The lowest BCUT2D eigenvalue weighted by Crippen LogP contribution is -2.51. The Balaban J connectivity index is 0.00000117. The highest BCUT2D eigenvalue weighted by molar-refractivity contribution is 5.90. The minimum Gasteiger partial charge on any atom is -0.381 e. The summed E-state index contributed by atoms with van der Waals surface area (Å²) in [6.45, 7) is 42.0. The van der Waals surface area contributed by atoms with Gasteiger partial charge in [0.1, 0.15) is 0 Å². The van der Waals surface area contributed by atoms with Gasteiger partial charge in [-0.25, -0.2) is 0 Å². The summed E-state index contributed by atoms with van der Waals surface area (Å²) in [5, 5.41) is 21.5. The van der Waals surface area contributed by atoms with Gasteiger partial charge in [-0.1, -0.05) is 95.9 Å². The third-order valence-corrected chi connectivity index (χ3v) is 21.5. The van der Waals surface area contributed by atoms with Gasteiger partial charge in [-0.2, -0.15) is 0 Å². The molecule has 6 amide bonds. The molecule has 24 heteroatoms. The molecule has 13 fully saturated rings. The van der Waals surface area contributed by atoms with E-state index >= 15 is 0 Å². The van der Waals surface area contributed by atoms with E-state index in [-0.39, 0.29) is 60.1 Å². The first-order chi connectivity index (χ1) is 51.8. The summed E-state index contributed by atoms with van der Waals surface area (Å²) in [5.41, 5.74) is 5.39. The number of nitrogens with zero attached hydrogens (tertiary/aromatic N) is 4. The molecule has 11 saturated heterocycles. The van der Waals surface area contributed by atoms with Crippen LogP contribution in [-0.2, 0) is 57.2 Å². The second-order valence-electron chi connectivity index (χ2n) is 31.1. The van der Waals surface area contributed by atoms with E-state index in [9.17, 15) is 33.6 Å². The summed E-state index contributed by atoms with van der Waals surface area (Å²) in [6.07, 6.45) is 32.8. The third kappa shape index (κ3) is 50.9. The van der Waals surface area contributed by atoms with Crippen molar-refractivity contribution in [2.45, 2.75) is 324 Å². The summed E-state index contributed by atoms with van der Waals surface area (Å²) < 4.78 is 26.5. The molecule has 10 unspecified atom stereocenters. The fourth-order valence-corrected chi connectivity index (χ4v) is 14.1. The zero-order chi connectivity index (χ0) is 81.0. The molecule has 9 N–H and O–H groups in total. The van der Waals surface area contributed by atoms with Crippen molar-refractivity contribution in [3.63, 3.8) is 0 Å². The topological polar surface area (TPSA) is 289 Å². The van der Waals surface area contributed by atoms with Crippen LogP contribution in [-0.4, -0.2) is 263 Å². The van der Waals surface area contributed by atoms with Gasteiger partial charge in [0.2, 0.25) is 35.4 Å². The molecule has 636 valence electrons. The van der Waals surface area contributed by atoms with Crippen LogP contribution in [0.1, 0.15) is 270 Å². The fraction of sp³-hybridized carbons (Fsp3) is 0.917. The van der Waals surface area contributed by atoms with Gasteiger partial charge in [0, 0.05) is 162 Å². The molecular weight excluding hydrogens is 1370 g/mol. The Morgan fingerprint density at radius 2 is 1.30 bits per heavy atom. The molecule has 13 rings (SSSR count). The van der Waals surface area contributed by atoms with Crippen LogP contribution in [0.5, 0.6) is 0 Å². The number of ether oxygens (including phenoxy) is 5. The van der Waals surface area contributed by atoms with Gasteiger partial charge in [0.25, 0.3) is 0 Å². The lowest BCUT2D eigenvalue weighted by atomic mass is 9.70. The van der Waals surface area contributed by atoms with Crippen molar-refractivity contribution in [2.24, 2.45) is 35.3 Å². The Labute approximate surface area is 659 Å². The van der Waals surface area contributed by atoms with Gasteiger partial charge < -0.3 is 86.2 Å². The normalized spacial score (nSPS) is 26.0. The van der Waals surface area contributed by atoms with E-state index in [0.717, 1.165) is 146 Å². The maximum atomic E-state index is 11.6. The monoisotopic (exact) mass is 1540 g/mol. The largest absolute Gasteiger partial charge is 0.381 e. The van der Waals surface area contributed by atoms with Crippen LogP contribution in [0, 0.1) is 29.6 Å². The van der Waals surface area contributed by atoms with Crippen molar-refractivity contribution in [2.75, 3.05) is 147 Å². The molecule has 2 saturated carbocycles. The quantitative estimate of drug-likeness (QED) is 0.0422. The number of hydrogen-bond acceptors (Lipinski definition) is 18. The zero-order valence-electron chi connectivity index (χ0n) is 72.5. The van der Waals surface area contributed by atoms with Crippen molar-refractivity contribution >= 4 is 41.2 Å². The standard InChI is InChI=1S/C12H23N3O3.C8H16N2O.C8H15NO.C8H14O.C7H16N2.C6H11NO.C6H13NO.C6H13N.3C6H12O.C5H11NO/c1-3-11(17)15-8-10(16)7-9(5-4-6-13)12(18)14-2;1-3-9-7-4-5-10(2)8(11)6-7;1-2-9-6-3-7-5-8(4-6)10-7;1-2-8-7-3-6(4-7)5-9-8;1-3-8-7-4-5-9(2)6-7;1-2-5-3-4-6(8)7-5;1-4-5-7(3)6(2)8;1-2-6-4-3-5-7-6;1-2-6-3-4-7-5-6;1-2-6-4-3-5-7-6;1-2-3-6-4-7-5-6;1-4-5(7)6(2)3/h9H,3-8,13H2,1-2H3,(H,14,18)(H,15,17);7,9H,3-6H2,1-2H3;6-9H,2-5H2,1H3;6-8H,2-5H2,1H3;7-8H,3-6H2,1-2H3;5H,2-4H2,1H3,(H,7,8);4-5H2,1-3H3;6-7H,2-5H2,1H3;3*6H,2-5H2,1H3;4H2,1-3H3. The highest BCUT2D eigenvalue weighted by Gasteiger charge is 2.40. The van der Waals surface area contributed by atoms with Crippen molar-refractivity contribution in [3.05, 3.63) is 0 Å². The SMILES string of the molecule is CCC(=O)N(C)C.CCC(=O)NCC(=O)CC(CCCN)C(=O)NC.CCC1CCC(=O)N1.CCC1CCCN1.CCC1CCCO1.CCC1CCOC1.CCC1OCC2CC1C2.CCCC1COC1.CCCN(C)C(C)=O.CCNC1CC2CC(C1)O2.CCNC1CCN(C)C(=O)C1.CCNC1CCN(C)C1. The van der Waals surface area contributed by atoms with Crippen LogP contribution in [0.25, 0.3) is 0 Å². The summed E-state index contributed by atoms with van der Waals surface area (Å²) in [5.74, 6) is 3.66. The number of ketones is 1. The summed E-state index contributed by atoms with van der Waals surface area (Å²) in [6, 6.07) is 3.26. The van der Waals surface area contributed by atoms with Crippen LogP contribution in [0.15, 0.2) is 0 Å². The number of fused-ring (bicyclic) bond motifs is 4. The van der Waals surface area contributed by atoms with E-state index in [1.165, 1.54) is 129 Å². The lowest BCUT2D eigenvalue weighted by molar-refractivity contribution is -0.164. The summed E-state index contributed by atoms with van der Waals surface area (Å²) in [4.78, 5) is 84.2. The highest BCUT2D eigenvalue weighted by atomic mass is 16.5. The van der Waals surface area contributed by atoms with Crippen LogP contribution in [0.3, 0.4) is 0 Å². The van der Waals surface area contributed by atoms with Gasteiger partial charge in [-0.3, -0.25) is 33.6 Å². The predicted octanol–water partition coefficient (Wildman–Crippen LogP) is 10.5. The number of likely N-dealkylation sites (tertiary alicyclic amines) is 2. The third-order valence-electron chi connectivity index (χ3n) is 21.5. The molecule has 11 aliphatic heterocycles. The maximum absolute atomic E-state index is 11.6. The number of nitrogens with two attached hydrogens (primary N) is 1. The molecule has 10 atom stereocenters. The summed E-state index contributed by atoms with van der Waals surface area (Å²) in [7, 11) is 10.9. The van der Waals surface area contributed by atoms with Gasteiger partial charge >= 0.3 is 0 Å².